The third kappa shape index (κ3) is 4.97. The summed E-state index contributed by atoms with van der Waals surface area (Å²) in [6.07, 6.45) is 1.59. The quantitative estimate of drug-likeness (QED) is 0.401. The highest BCUT2D eigenvalue weighted by Crippen LogP contribution is 2.16. The molecule has 32 heavy (non-hydrogen) atoms. The molecular weight excluding hydrogens is 426 g/mol. The summed E-state index contributed by atoms with van der Waals surface area (Å²) >= 11 is 1.31. The maximum Gasteiger partial charge on any atom is 0.251 e. The van der Waals surface area contributed by atoms with Crippen molar-refractivity contribution >= 4 is 40.3 Å². The average molecular weight is 450 g/mol. The van der Waals surface area contributed by atoms with E-state index in [1.165, 1.54) is 11.8 Å². The minimum absolute atomic E-state index is 0.155. The second-order valence-electron chi connectivity index (χ2n) is 7.19. The molecule has 2 heterocycles. The lowest BCUT2D eigenvalue weighted by molar-refractivity contribution is -0.113. The van der Waals surface area contributed by atoms with Crippen molar-refractivity contribution in [2.24, 2.45) is 7.05 Å². The van der Waals surface area contributed by atoms with Gasteiger partial charge in [0.1, 0.15) is 12.2 Å². The second-order valence-corrected chi connectivity index (χ2v) is 8.14. The Balaban J connectivity index is 1.27. The number of carbonyl (C=O) groups is 2. The number of benzene rings is 2. The zero-order chi connectivity index (χ0) is 22.5. The van der Waals surface area contributed by atoms with E-state index < -0.39 is 0 Å². The molecule has 2 amide bonds. The van der Waals surface area contributed by atoms with E-state index in [2.05, 4.69) is 30.4 Å². The number of imidazole rings is 1. The van der Waals surface area contributed by atoms with Gasteiger partial charge in [-0.2, -0.15) is 0 Å². The molecule has 0 fully saturated rings. The Kier molecular flexibility index (Phi) is 6.50. The number of para-hydroxylation sites is 2. The van der Waals surface area contributed by atoms with E-state index in [1.54, 1.807) is 35.2 Å². The van der Waals surface area contributed by atoms with Gasteiger partial charge in [0.05, 0.1) is 16.8 Å². The molecule has 0 saturated carbocycles. The van der Waals surface area contributed by atoms with Crippen LogP contribution in [0.3, 0.4) is 0 Å². The number of nitrogens with one attached hydrogen (secondary N) is 2. The first-order valence-corrected chi connectivity index (χ1v) is 11.1. The summed E-state index contributed by atoms with van der Waals surface area (Å²) in [7, 11) is 1.82. The van der Waals surface area contributed by atoms with Gasteiger partial charge in [-0.3, -0.25) is 9.59 Å². The van der Waals surface area contributed by atoms with E-state index in [0.717, 1.165) is 16.9 Å². The monoisotopic (exact) mass is 449 g/mol. The highest BCUT2D eigenvalue weighted by Gasteiger charge is 2.10. The highest BCUT2D eigenvalue weighted by atomic mass is 32.2. The van der Waals surface area contributed by atoms with E-state index in [-0.39, 0.29) is 17.6 Å². The molecule has 0 atom stereocenters. The second kappa shape index (κ2) is 9.65. The van der Waals surface area contributed by atoms with Crippen molar-refractivity contribution in [1.82, 2.24) is 29.6 Å². The van der Waals surface area contributed by atoms with Gasteiger partial charge in [0, 0.05) is 31.4 Å². The molecule has 164 valence electrons. The molecule has 9 nitrogen and oxygen atoms in total. The summed E-state index contributed by atoms with van der Waals surface area (Å²) in [5.74, 6) is 0.815. The van der Waals surface area contributed by atoms with Gasteiger partial charge in [-0.1, -0.05) is 23.9 Å². The standard InChI is InChI=1S/C22H23N7O2S/c1-15-25-18-5-3-4-6-19(18)29(15)12-11-23-21(31)16-7-9-17(10-8-16)26-20(30)13-32-22-27-24-14-28(22)2/h3-10,14H,11-13H2,1-2H3,(H,23,31)(H,26,30). The van der Waals surface area contributed by atoms with Crippen LogP contribution in [0.25, 0.3) is 11.0 Å². The zero-order valence-electron chi connectivity index (χ0n) is 17.8. The lowest BCUT2D eigenvalue weighted by atomic mass is 10.2. The van der Waals surface area contributed by atoms with Crippen molar-refractivity contribution < 1.29 is 9.59 Å². The largest absolute Gasteiger partial charge is 0.350 e. The Hall–Kier alpha value is -3.66. The molecule has 0 radical (unpaired) electrons. The summed E-state index contributed by atoms with van der Waals surface area (Å²) in [6.45, 7) is 3.08. The SMILES string of the molecule is Cc1nc2ccccc2n1CCNC(=O)c1ccc(NC(=O)CSc2nncn2C)cc1. The van der Waals surface area contributed by atoms with Crippen LogP contribution < -0.4 is 10.6 Å². The zero-order valence-corrected chi connectivity index (χ0v) is 18.6. The minimum atomic E-state index is -0.164. The van der Waals surface area contributed by atoms with Gasteiger partial charge in [-0.05, 0) is 43.3 Å². The van der Waals surface area contributed by atoms with Gasteiger partial charge in [0.25, 0.3) is 5.91 Å². The number of nitrogens with zero attached hydrogens (tertiary/aromatic N) is 5. The van der Waals surface area contributed by atoms with Gasteiger partial charge < -0.3 is 19.8 Å². The lowest BCUT2D eigenvalue weighted by Gasteiger charge is -2.09. The van der Waals surface area contributed by atoms with Gasteiger partial charge in [0.2, 0.25) is 5.91 Å². The van der Waals surface area contributed by atoms with Gasteiger partial charge >= 0.3 is 0 Å². The van der Waals surface area contributed by atoms with Crippen molar-refractivity contribution in [3.8, 4) is 0 Å². The Morgan fingerprint density at radius 3 is 2.62 bits per heavy atom. The fourth-order valence-electron chi connectivity index (χ4n) is 3.30. The van der Waals surface area contributed by atoms with E-state index in [0.29, 0.717) is 29.5 Å². The molecule has 0 aliphatic carbocycles. The number of aromatic nitrogens is 5. The number of aryl methyl sites for hydroxylation is 2. The molecule has 4 aromatic rings. The number of hydrogen-bond acceptors (Lipinski definition) is 6. The first kappa shape index (κ1) is 21.6. The molecule has 4 rings (SSSR count). The van der Waals surface area contributed by atoms with Crippen LogP contribution in [0.2, 0.25) is 0 Å². The van der Waals surface area contributed by atoms with E-state index >= 15 is 0 Å². The Morgan fingerprint density at radius 1 is 1.09 bits per heavy atom. The maximum absolute atomic E-state index is 12.5. The topological polar surface area (TPSA) is 107 Å². The fraction of sp³-hybridized carbons (Fsp3) is 0.227. The minimum Gasteiger partial charge on any atom is -0.350 e. The van der Waals surface area contributed by atoms with Crippen LogP contribution in [0.15, 0.2) is 60.0 Å². The molecule has 2 aromatic heterocycles. The molecular formula is C22H23N7O2S. The Labute approximate surface area is 189 Å². The summed E-state index contributed by atoms with van der Waals surface area (Å²) in [4.78, 5) is 29.2. The summed E-state index contributed by atoms with van der Waals surface area (Å²) in [5, 5.41) is 14.1. The molecule has 2 N–H and O–H groups in total. The number of amides is 2. The normalized spacial score (nSPS) is 10.9. The summed E-state index contributed by atoms with van der Waals surface area (Å²) in [5.41, 5.74) is 3.16. The lowest BCUT2D eigenvalue weighted by Crippen LogP contribution is -2.27. The van der Waals surface area contributed by atoms with Crippen LogP contribution >= 0.6 is 11.8 Å². The molecule has 0 unspecified atom stereocenters. The molecule has 10 heteroatoms. The Morgan fingerprint density at radius 2 is 1.88 bits per heavy atom. The van der Waals surface area contributed by atoms with Crippen LogP contribution in [0.5, 0.6) is 0 Å². The van der Waals surface area contributed by atoms with Crippen LogP contribution in [-0.4, -0.2) is 48.4 Å². The van der Waals surface area contributed by atoms with Crippen LogP contribution in [0.1, 0.15) is 16.2 Å². The van der Waals surface area contributed by atoms with Crippen LogP contribution in [-0.2, 0) is 18.4 Å². The number of carbonyl (C=O) groups excluding carboxylic acids is 2. The summed E-state index contributed by atoms with van der Waals surface area (Å²) in [6, 6.07) is 14.8. The van der Waals surface area contributed by atoms with Crippen molar-refractivity contribution in [1.29, 1.82) is 0 Å². The summed E-state index contributed by atoms with van der Waals surface area (Å²) < 4.78 is 3.84. The first-order valence-electron chi connectivity index (χ1n) is 10.1. The number of fused-ring (bicyclic) bond motifs is 1. The third-order valence-corrected chi connectivity index (χ3v) is 5.93. The highest BCUT2D eigenvalue weighted by molar-refractivity contribution is 7.99. The van der Waals surface area contributed by atoms with Crippen LogP contribution in [0.4, 0.5) is 5.69 Å². The Bertz CT molecular complexity index is 1250. The van der Waals surface area contributed by atoms with Gasteiger partial charge in [-0.15, -0.1) is 10.2 Å². The predicted octanol–water partition coefficient (Wildman–Crippen LogP) is 2.63. The first-order chi connectivity index (χ1) is 15.5. The van der Waals surface area contributed by atoms with E-state index in [9.17, 15) is 9.59 Å². The van der Waals surface area contributed by atoms with E-state index in [4.69, 9.17) is 0 Å². The average Bonchev–Trinajstić information content (AvgIpc) is 3.34. The van der Waals surface area contributed by atoms with Gasteiger partial charge in [0.15, 0.2) is 5.16 Å². The molecule has 2 aromatic carbocycles. The maximum atomic E-state index is 12.5. The van der Waals surface area contributed by atoms with Crippen LogP contribution in [0, 0.1) is 6.92 Å². The number of thioether (sulfide) groups is 1. The fourth-order valence-corrected chi connectivity index (χ4v) is 3.98. The molecule has 0 saturated heterocycles. The molecule has 0 aliphatic heterocycles. The smallest absolute Gasteiger partial charge is 0.251 e. The van der Waals surface area contributed by atoms with Gasteiger partial charge in [-0.25, -0.2) is 4.98 Å². The number of anilines is 1. The van der Waals surface area contributed by atoms with Crippen molar-refractivity contribution in [3.63, 3.8) is 0 Å². The molecule has 0 spiro atoms. The van der Waals surface area contributed by atoms with E-state index in [1.807, 2.05) is 38.2 Å². The van der Waals surface area contributed by atoms with Crippen molar-refractivity contribution in [3.05, 3.63) is 66.2 Å². The number of hydrogen-bond donors (Lipinski definition) is 2. The molecule has 0 bridgehead atoms. The van der Waals surface area contributed by atoms with Crippen molar-refractivity contribution in [2.45, 2.75) is 18.6 Å². The third-order valence-electron chi connectivity index (χ3n) is 4.90. The predicted molar refractivity (Wildman–Crippen MR) is 124 cm³/mol. The van der Waals surface area contributed by atoms with Crippen molar-refractivity contribution in [2.75, 3.05) is 17.6 Å². The number of rotatable bonds is 8. The molecule has 0 aliphatic rings.